The lowest BCUT2D eigenvalue weighted by atomic mass is 9.85. The van der Waals surface area contributed by atoms with Crippen molar-refractivity contribution in [1.82, 2.24) is 5.32 Å². The second-order valence-electron chi connectivity index (χ2n) is 7.82. The molecule has 2 N–H and O–H groups in total. The quantitative estimate of drug-likeness (QED) is 0.514. The smallest absolute Gasteiger partial charge is 0.171 e. The molecule has 2 nitrogen and oxygen atoms in total. The van der Waals surface area contributed by atoms with Gasteiger partial charge in [-0.05, 0) is 86.2 Å². The van der Waals surface area contributed by atoms with Crippen LogP contribution in [0.25, 0.3) is 0 Å². The van der Waals surface area contributed by atoms with Crippen molar-refractivity contribution >= 4 is 23.0 Å². The fourth-order valence-corrected chi connectivity index (χ4v) is 4.40. The number of thiocarbonyl (C=S) groups is 1. The van der Waals surface area contributed by atoms with Crippen molar-refractivity contribution in [3.8, 4) is 0 Å². The van der Waals surface area contributed by atoms with E-state index in [1.165, 1.54) is 73.7 Å². The molecule has 1 aromatic carbocycles. The van der Waals surface area contributed by atoms with Crippen LogP contribution in [0.15, 0.2) is 12.1 Å². The first kappa shape index (κ1) is 21.2. The van der Waals surface area contributed by atoms with E-state index in [4.69, 9.17) is 12.2 Å². The summed E-state index contributed by atoms with van der Waals surface area (Å²) in [5.74, 6) is 0.920. The van der Waals surface area contributed by atoms with E-state index < -0.39 is 0 Å². The number of benzene rings is 1. The molecular formula is C23H38N2S. The summed E-state index contributed by atoms with van der Waals surface area (Å²) in [6.07, 6.45) is 12.3. The largest absolute Gasteiger partial charge is 0.360 e. The van der Waals surface area contributed by atoms with Gasteiger partial charge in [-0.25, -0.2) is 0 Å². The van der Waals surface area contributed by atoms with Gasteiger partial charge in [0.1, 0.15) is 0 Å². The van der Waals surface area contributed by atoms with E-state index in [2.05, 4.69) is 50.5 Å². The molecule has 1 aliphatic carbocycles. The highest BCUT2D eigenvalue weighted by molar-refractivity contribution is 7.80. The van der Waals surface area contributed by atoms with Crippen LogP contribution < -0.4 is 10.6 Å². The average molecular weight is 375 g/mol. The number of rotatable bonds is 8. The van der Waals surface area contributed by atoms with Gasteiger partial charge in [0.05, 0.1) is 0 Å². The molecule has 0 aromatic heterocycles. The second-order valence-corrected chi connectivity index (χ2v) is 8.23. The first-order valence-corrected chi connectivity index (χ1v) is 11.2. The van der Waals surface area contributed by atoms with Crippen molar-refractivity contribution in [2.24, 2.45) is 5.92 Å². The predicted octanol–water partition coefficient (Wildman–Crippen LogP) is 6.41. The molecule has 1 saturated carbocycles. The maximum atomic E-state index is 5.67. The number of unbranched alkanes of at least 4 members (excludes halogenated alkanes) is 1. The molecule has 0 atom stereocenters. The fourth-order valence-electron chi connectivity index (χ4n) is 4.13. The Bertz CT molecular complexity index is 549. The molecule has 0 unspecified atom stereocenters. The molecule has 1 fully saturated rings. The Morgan fingerprint density at radius 3 is 2.12 bits per heavy atom. The second kappa shape index (κ2) is 10.9. The Morgan fingerprint density at radius 1 is 1.00 bits per heavy atom. The van der Waals surface area contributed by atoms with Gasteiger partial charge in [0, 0.05) is 11.7 Å². The third kappa shape index (κ3) is 5.97. The van der Waals surface area contributed by atoms with Crippen LogP contribution in [0.4, 0.5) is 5.69 Å². The lowest BCUT2D eigenvalue weighted by Crippen LogP contribution is -2.40. The lowest BCUT2D eigenvalue weighted by molar-refractivity contribution is 0.306. The van der Waals surface area contributed by atoms with Gasteiger partial charge < -0.3 is 10.6 Å². The van der Waals surface area contributed by atoms with Gasteiger partial charge in [-0.1, -0.05) is 52.7 Å². The molecule has 1 aromatic rings. The van der Waals surface area contributed by atoms with Gasteiger partial charge in [0.25, 0.3) is 0 Å². The molecule has 0 heterocycles. The van der Waals surface area contributed by atoms with E-state index in [9.17, 15) is 0 Å². The van der Waals surface area contributed by atoms with Crippen molar-refractivity contribution in [1.29, 1.82) is 0 Å². The standard InChI is InChI=1S/C23H38N2S/c1-5-9-10-18-15-19(7-3)22(20(8-4)16-18)25-23(26)24-21-13-11-17(6-2)12-14-21/h15-17,21H,5-14H2,1-4H3,(H2,24,25,26). The van der Waals surface area contributed by atoms with Crippen LogP contribution in [0.5, 0.6) is 0 Å². The van der Waals surface area contributed by atoms with Crippen molar-refractivity contribution < 1.29 is 0 Å². The molecule has 0 spiro atoms. The third-order valence-electron chi connectivity index (χ3n) is 5.94. The highest BCUT2D eigenvalue weighted by Gasteiger charge is 2.20. The molecule has 3 heteroatoms. The summed E-state index contributed by atoms with van der Waals surface area (Å²) in [7, 11) is 0. The Labute approximate surface area is 166 Å². The molecule has 0 aliphatic heterocycles. The number of anilines is 1. The summed E-state index contributed by atoms with van der Waals surface area (Å²) in [4.78, 5) is 0. The van der Waals surface area contributed by atoms with Crippen molar-refractivity contribution in [2.75, 3.05) is 5.32 Å². The van der Waals surface area contributed by atoms with Gasteiger partial charge in [0.15, 0.2) is 5.11 Å². The van der Waals surface area contributed by atoms with Crippen LogP contribution in [0, 0.1) is 5.92 Å². The van der Waals surface area contributed by atoms with Gasteiger partial charge in [-0.2, -0.15) is 0 Å². The number of nitrogens with one attached hydrogen (secondary N) is 2. The zero-order valence-electron chi connectivity index (χ0n) is 17.3. The molecule has 0 saturated heterocycles. The van der Waals surface area contributed by atoms with Crippen LogP contribution in [0.2, 0.25) is 0 Å². The summed E-state index contributed by atoms with van der Waals surface area (Å²) in [6.45, 7) is 9.06. The normalized spacial score (nSPS) is 20.0. The molecule has 26 heavy (non-hydrogen) atoms. The van der Waals surface area contributed by atoms with Gasteiger partial charge in [-0.15, -0.1) is 0 Å². The van der Waals surface area contributed by atoms with Crippen LogP contribution in [-0.2, 0) is 19.3 Å². The van der Waals surface area contributed by atoms with E-state index in [1.54, 1.807) is 0 Å². The highest BCUT2D eigenvalue weighted by atomic mass is 32.1. The minimum absolute atomic E-state index is 0.539. The summed E-state index contributed by atoms with van der Waals surface area (Å²) < 4.78 is 0. The summed E-state index contributed by atoms with van der Waals surface area (Å²) in [5.41, 5.74) is 5.52. The van der Waals surface area contributed by atoms with Crippen molar-refractivity contribution in [3.05, 3.63) is 28.8 Å². The minimum atomic E-state index is 0.539. The zero-order valence-corrected chi connectivity index (χ0v) is 18.1. The Morgan fingerprint density at radius 2 is 1.62 bits per heavy atom. The van der Waals surface area contributed by atoms with Crippen LogP contribution >= 0.6 is 12.2 Å². The minimum Gasteiger partial charge on any atom is -0.360 e. The SMILES string of the molecule is CCCCc1cc(CC)c(NC(=S)NC2CCC(CC)CC2)c(CC)c1. The number of hydrogen-bond acceptors (Lipinski definition) is 1. The predicted molar refractivity (Wildman–Crippen MR) is 119 cm³/mol. The zero-order chi connectivity index (χ0) is 18.9. The first-order valence-electron chi connectivity index (χ1n) is 10.8. The topological polar surface area (TPSA) is 24.1 Å². The van der Waals surface area contributed by atoms with Gasteiger partial charge in [0.2, 0.25) is 0 Å². The van der Waals surface area contributed by atoms with E-state index in [0.29, 0.717) is 6.04 Å². The van der Waals surface area contributed by atoms with Crippen LogP contribution in [0.1, 0.15) is 89.3 Å². The lowest BCUT2D eigenvalue weighted by Gasteiger charge is -2.29. The Kier molecular flexibility index (Phi) is 8.90. The average Bonchev–Trinajstić information content (AvgIpc) is 2.67. The van der Waals surface area contributed by atoms with E-state index >= 15 is 0 Å². The molecule has 0 bridgehead atoms. The molecule has 1 aliphatic rings. The molecule has 2 rings (SSSR count). The fraction of sp³-hybridized carbons (Fsp3) is 0.696. The highest BCUT2D eigenvalue weighted by Crippen LogP contribution is 2.28. The third-order valence-corrected chi connectivity index (χ3v) is 6.16. The van der Waals surface area contributed by atoms with Crippen molar-refractivity contribution in [2.45, 2.75) is 97.9 Å². The maximum Gasteiger partial charge on any atom is 0.171 e. The van der Waals surface area contributed by atoms with Crippen molar-refractivity contribution in [3.63, 3.8) is 0 Å². The Hall–Kier alpha value is -1.09. The van der Waals surface area contributed by atoms with E-state index in [-0.39, 0.29) is 0 Å². The summed E-state index contributed by atoms with van der Waals surface area (Å²) >= 11 is 5.67. The molecule has 146 valence electrons. The summed E-state index contributed by atoms with van der Waals surface area (Å²) in [5, 5.41) is 7.94. The molecule has 0 radical (unpaired) electrons. The number of aryl methyl sites for hydroxylation is 3. The van der Waals surface area contributed by atoms with Gasteiger partial charge >= 0.3 is 0 Å². The maximum absolute atomic E-state index is 5.67. The van der Waals surface area contributed by atoms with E-state index in [1.807, 2.05) is 0 Å². The van der Waals surface area contributed by atoms with Crippen LogP contribution in [-0.4, -0.2) is 11.2 Å². The Balaban J connectivity index is 2.03. The summed E-state index contributed by atoms with van der Waals surface area (Å²) in [6, 6.07) is 5.30. The van der Waals surface area contributed by atoms with Gasteiger partial charge in [-0.3, -0.25) is 0 Å². The molecule has 0 amide bonds. The van der Waals surface area contributed by atoms with Crippen LogP contribution in [0.3, 0.4) is 0 Å². The van der Waals surface area contributed by atoms with E-state index in [0.717, 1.165) is 23.9 Å². The first-order chi connectivity index (χ1) is 12.6. The molecular weight excluding hydrogens is 336 g/mol. The monoisotopic (exact) mass is 374 g/mol. The number of hydrogen-bond donors (Lipinski definition) is 2.